The Balaban J connectivity index is 1.80. The van der Waals surface area contributed by atoms with Crippen molar-refractivity contribution in [3.05, 3.63) is 42.0 Å². The van der Waals surface area contributed by atoms with Crippen LogP contribution in [0.25, 0.3) is 22.4 Å². The number of nitrogens with one attached hydrogen (secondary N) is 2. The molecule has 1 amide bonds. The third-order valence-corrected chi connectivity index (χ3v) is 4.59. The molecule has 1 aliphatic heterocycles. The molecule has 0 fully saturated rings. The topological polar surface area (TPSA) is 67.0 Å². The van der Waals surface area contributed by atoms with Crippen molar-refractivity contribution in [3.8, 4) is 17.1 Å². The summed E-state index contributed by atoms with van der Waals surface area (Å²) < 4.78 is 5.24. The van der Waals surface area contributed by atoms with Crippen molar-refractivity contribution < 1.29 is 9.53 Å². The summed E-state index contributed by atoms with van der Waals surface area (Å²) >= 11 is 0. The molecule has 0 saturated heterocycles. The van der Waals surface area contributed by atoms with Gasteiger partial charge in [-0.15, -0.1) is 0 Å². The van der Waals surface area contributed by atoms with Crippen LogP contribution in [0.2, 0.25) is 0 Å². The summed E-state index contributed by atoms with van der Waals surface area (Å²) in [6, 6.07) is 11.9. The van der Waals surface area contributed by atoms with E-state index in [1.807, 2.05) is 30.3 Å². The van der Waals surface area contributed by atoms with E-state index in [1.54, 1.807) is 7.11 Å². The number of imidazole rings is 1. The summed E-state index contributed by atoms with van der Waals surface area (Å²) in [5.41, 5.74) is 4.62. The Labute approximate surface area is 140 Å². The minimum absolute atomic E-state index is 0.0546. The second-order valence-electron chi connectivity index (χ2n) is 6.84. The smallest absolute Gasteiger partial charge is 0.225 e. The van der Waals surface area contributed by atoms with Crippen molar-refractivity contribution in [2.24, 2.45) is 0 Å². The normalized spacial score (nSPS) is 15.9. The van der Waals surface area contributed by atoms with Gasteiger partial charge in [0, 0.05) is 29.2 Å². The molecule has 5 heteroatoms. The van der Waals surface area contributed by atoms with Gasteiger partial charge < -0.3 is 15.0 Å². The second-order valence-corrected chi connectivity index (χ2v) is 6.84. The number of nitrogens with zero attached hydrogens (tertiary/aromatic N) is 1. The highest BCUT2D eigenvalue weighted by Gasteiger charge is 2.32. The van der Waals surface area contributed by atoms with Crippen molar-refractivity contribution in [1.29, 1.82) is 0 Å². The lowest BCUT2D eigenvalue weighted by Gasteiger charge is -2.32. The van der Waals surface area contributed by atoms with E-state index in [2.05, 4.69) is 35.2 Å². The highest BCUT2D eigenvalue weighted by atomic mass is 16.5. The molecule has 2 aromatic carbocycles. The fourth-order valence-electron chi connectivity index (χ4n) is 3.33. The molecule has 2 heterocycles. The third kappa shape index (κ3) is 2.33. The molecular weight excluding hydrogens is 302 g/mol. The lowest BCUT2D eigenvalue weighted by molar-refractivity contribution is -0.117. The van der Waals surface area contributed by atoms with Crippen LogP contribution in [0.15, 0.2) is 36.4 Å². The van der Waals surface area contributed by atoms with Gasteiger partial charge in [-0.05, 0) is 23.8 Å². The van der Waals surface area contributed by atoms with Crippen LogP contribution in [-0.2, 0) is 10.2 Å². The molecule has 1 aliphatic rings. The van der Waals surface area contributed by atoms with Crippen LogP contribution in [0, 0.1) is 0 Å². The summed E-state index contributed by atoms with van der Waals surface area (Å²) in [5.74, 6) is 1.61. The average Bonchev–Trinajstić information content (AvgIpc) is 2.96. The van der Waals surface area contributed by atoms with E-state index in [9.17, 15) is 4.79 Å². The maximum Gasteiger partial charge on any atom is 0.225 e. The predicted octanol–water partition coefficient (Wildman–Crippen LogP) is 3.86. The summed E-state index contributed by atoms with van der Waals surface area (Å²) in [7, 11) is 1.64. The van der Waals surface area contributed by atoms with Gasteiger partial charge in [0.05, 0.1) is 18.1 Å². The van der Waals surface area contributed by atoms with Gasteiger partial charge >= 0.3 is 0 Å². The lowest BCUT2D eigenvalue weighted by Crippen LogP contribution is -2.32. The number of anilines is 1. The van der Waals surface area contributed by atoms with Crippen molar-refractivity contribution in [1.82, 2.24) is 9.97 Å². The Morgan fingerprint density at radius 1 is 1.17 bits per heavy atom. The average molecular weight is 321 g/mol. The number of H-pyrrole nitrogens is 1. The number of aromatic nitrogens is 2. The number of aromatic amines is 1. The van der Waals surface area contributed by atoms with E-state index < -0.39 is 0 Å². The van der Waals surface area contributed by atoms with Crippen LogP contribution >= 0.6 is 0 Å². The Hall–Kier alpha value is -2.82. The van der Waals surface area contributed by atoms with Crippen LogP contribution in [0.1, 0.15) is 25.8 Å². The number of fused-ring (bicyclic) bond motifs is 2. The van der Waals surface area contributed by atoms with Crippen molar-refractivity contribution in [2.45, 2.75) is 25.7 Å². The number of hydrogen-bond acceptors (Lipinski definition) is 3. The zero-order valence-electron chi connectivity index (χ0n) is 13.9. The molecule has 2 N–H and O–H groups in total. The number of hydrogen-bond donors (Lipinski definition) is 2. The lowest BCUT2D eigenvalue weighted by atomic mass is 9.77. The first kappa shape index (κ1) is 14.8. The summed E-state index contributed by atoms with van der Waals surface area (Å²) in [6.07, 6.45) is 0.504. The highest BCUT2D eigenvalue weighted by Crippen LogP contribution is 2.39. The Kier molecular flexibility index (Phi) is 3.13. The molecule has 24 heavy (non-hydrogen) atoms. The molecule has 5 nitrogen and oxygen atoms in total. The minimum atomic E-state index is -0.155. The molecule has 0 aliphatic carbocycles. The largest absolute Gasteiger partial charge is 0.497 e. The summed E-state index contributed by atoms with van der Waals surface area (Å²) in [5, 5.41) is 2.98. The number of carbonyl (C=O) groups is 1. The highest BCUT2D eigenvalue weighted by molar-refractivity contribution is 5.96. The van der Waals surface area contributed by atoms with Gasteiger partial charge in [-0.2, -0.15) is 0 Å². The Morgan fingerprint density at radius 3 is 2.79 bits per heavy atom. The van der Waals surface area contributed by atoms with E-state index in [4.69, 9.17) is 4.74 Å². The molecule has 0 atom stereocenters. The van der Waals surface area contributed by atoms with Gasteiger partial charge in [0.1, 0.15) is 11.6 Å². The molecule has 3 aromatic rings. The standard InChI is InChI=1S/C19H19N3O2/c1-19(2)10-17(23)20-15-8-11(4-6-13(15)19)18-21-14-7-5-12(24-3)9-16(14)22-18/h4-9H,10H2,1-3H3,(H,20,23)(H,21,22). The van der Waals surface area contributed by atoms with E-state index >= 15 is 0 Å². The van der Waals surface area contributed by atoms with Gasteiger partial charge in [0.2, 0.25) is 5.91 Å². The van der Waals surface area contributed by atoms with Gasteiger partial charge in [-0.25, -0.2) is 4.98 Å². The van der Waals surface area contributed by atoms with E-state index in [1.165, 1.54) is 0 Å². The van der Waals surface area contributed by atoms with Crippen LogP contribution in [0.3, 0.4) is 0 Å². The van der Waals surface area contributed by atoms with E-state index in [0.29, 0.717) is 6.42 Å². The Morgan fingerprint density at radius 2 is 2.00 bits per heavy atom. The van der Waals surface area contributed by atoms with Gasteiger partial charge in [-0.1, -0.05) is 26.0 Å². The zero-order chi connectivity index (χ0) is 16.9. The number of rotatable bonds is 2. The first-order chi connectivity index (χ1) is 11.5. The van der Waals surface area contributed by atoms with Crippen LogP contribution in [0.5, 0.6) is 5.75 Å². The van der Waals surface area contributed by atoms with Crippen molar-refractivity contribution in [2.75, 3.05) is 12.4 Å². The predicted molar refractivity (Wildman–Crippen MR) is 94.4 cm³/mol. The van der Waals surface area contributed by atoms with Gasteiger partial charge in [-0.3, -0.25) is 4.79 Å². The molecule has 0 saturated carbocycles. The Bertz CT molecular complexity index is 956. The third-order valence-electron chi connectivity index (χ3n) is 4.59. The molecule has 0 bridgehead atoms. The maximum atomic E-state index is 12.0. The molecule has 122 valence electrons. The molecule has 4 rings (SSSR count). The van der Waals surface area contributed by atoms with Crippen LogP contribution in [-0.4, -0.2) is 23.0 Å². The number of ether oxygens (including phenoxy) is 1. The maximum absolute atomic E-state index is 12.0. The van der Waals surface area contributed by atoms with Gasteiger partial charge in [0.15, 0.2) is 0 Å². The van der Waals surface area contributed by atoms with Crippen molar-refractivity contribution in [3.63, 3.8) is 0 Å². The zero-order valence-corrected chi connectivity index (χ0v) is 13.9. The number of carbonyl (C=O) groups excluding carboxylic acids is 1. The number of methoxy groups -OCH3 is 1. The summed E-state index contributed by atoms with van der Waals surface area (Å²) in [6.45, 7) is 4.19. The van der Waals surface area contributed by atoms with E-state index in [-0.39, 0.29) is 11.3 Å². The fourth-order valence-corrected chi connectivity index (χ4v) is 3.33. The quantitative estimate of drug-likeness (QED) is 0.753. The SMILES string of the molecule is COc1ccc2[nH]c(-c3ccc4c(c3)NC(=O)CC4(C)C)nc2c1. The fraction of sp³-hybridized carbons (Fsp3) is 0.263. The number of benzene rings is 2. The van der Waals surface area contributed by atoms with Crippen LogP contribution < -0.4 is 10.1 Å². The minimum Gasteiger partial charge on any atom is -0.497 e. The summed E-state index contributed by atoms with van der Waals surface area (Å²) in [4.78, 5) is 19.9. The molecule has 0 radical (unpaired) electrons. The second kappa shape index (κ2) is 5.09. The molecule has 1 aromatic heterocycles. The van der Waals surface area contributed by atoms with Crippen molar-refractivity contribution >= 4 is 22.6 Å². The van der Waals surface area contributed by atoms with E-state index in [0.717, 1.165) is 39.4 Å². The molecule has 0 unspecified atom stereocenters. The number of amides is 1. The van der Waals surface area contributed by atoms with Crippen LogP contribution in [0.4, 0.5) is 5.69 Å². The first-order valence-corrected chi connectivity index (χ1v) is 7.95. The monoisotopic (exact) mass is 321 g/mol. The first-order valence-electron chi connectivity index (χ1n) is 7.95. The molecule has 0 spiro atoms. The molecular formula is C19H19N3O2. The van der Waals surface area contributed by atoms with Gasteiger partial charge in [0.25, 0.3) is 0 Å².